The van der Waals surface area contributed by atoms with Crippen LogP contribution in [0.4, 0.5) is 5.13 Å². The first-order valence-electron chi connectivity index (χ1n) is 7.03. The molecule has 1 unspecified atom stereocenters. The minimum absolute atomic E-state index is 0.264. The monoisotopic (exact) mass is 289 g/mol. The fourth-order valence-corrected chi connectivity index (χ4v) is 3.39. The van der Waals surface area contributed by atoms with E-state index in [4.69, 9.17) is 4.74 Å². The van der Waals surface area contributed by atoms with Gasteiger partial charge in [-0.2, -0.15) is 0 Å². The lowest BCUT2D eigenvalue weighted by Crippen LogP contribution is -2.20. The van der Waals surface area contributed by atoms with Gasteiger partial charge in [-0.25, -0.2) is 0 Å². The molecule has 0 bridgehead atoms. The molecule has 106 valence electrons. The molecular weight excluding hydrogens is 270 g/mol. The molecule has 1 aliphatic heterocycles. The summed E-state index contributed by atoms with van der Waals surface area (Å²) in [5, 5.41) is 14.0. The molecule has 5 heteroatoms. The Morgan fingerprint density at radius 3 is 3.05 bits per heavy atom. The number of rotatable bonds is 4. The van der Waals surface area contributed by atoms with Gasteiger partial charge in [0.2, 0.25) is 5.13 Å². The number of nitrogens with one attached hydrogen (secondary N) is 1. The van der Waals surface area contributed by atoms with Gasteiger partial charge in [0.25, 0.3) is 0 Å². The maximum Gasteiger partial charge on any atom is 0.206 e. The maximum atomic E-state index is 5.68. The van der Waals surface area contributed by atoms with Crippen molar-refractivity contribution in [2.75, 3.05) is 11.9 Å². The minimum Gasteiger partial charge on any atom is -0.493 e. The van der Waals surface area contributed by atoms with Crippen LogP contribution in [0.2, 0.25) is 0 Å². The Bertz CT molecular complexity index is 582. The Morgan fingerprint density at radius 1 is 1.35 bits per heavy atom. The third-order valence-corrected chi connectivity index (χ3v) is 4.18. The lowest BCUT2D eigenvalue weighted by Gasteiger charge is -2.26. The van der Waals surface area contributed by atoms with Crippen LogP contribution in [0.15, 0.2) is 24.3 Å². The quantitative estimate of drug-likeness (QED) is 0.933. The van der Waals surface area contributed by atoms with Crippen LogP contribution in [0, 0.1) is 5.92 Å². The fourth-order valence-electron chi connectivity index (χ4n) is 2.38. The van der Waals surface area contributed by atoms with Gasteiger partial charge in [0, 0.05) is 18.4 Å². The van der Waals surface area contributed by atoms with Crippen LogP contribution in [0.1, 0.15) is 36.9 Å². The average Bonchev–Trinajstić information content (AvgIpc) is 2.86. The number of benzene rings is 1. The summed E-state index contributed by atoms with van der Waals surface area (Å²) in [7, 11) is 0. The fraction of sp³-hybridized carbons (Fsp3) is 0.467. The standard InChI is InChI=1S/C15H19N3OS/c1-10(2)9-14-17-18-15(20-14)16-12-7-8-19-13-6-4-3-5-11(12)13/h3-6,10,12H,7-9H2,1-2H3,(H,16,18). The third kappa shape index (κ3) is 2.93. The Hall–Kier alpha value is -1.62. The molecule has 1 aromatic heterocycles. The summed E-state index contributed by atoms with van der Waals surface area (Å²) < 4.78 is 5.68. The van der Waals surface area contributed by atoms with Crippen molar-refractivity contribution in [2.45, 2.75) is 32.7 Å². The molecule has 3 rings (SSSR count). The van der Waals surface area contributed by atoms with Gasteiger partial charge >= 0.3 is 0 Å². The normalized spacial score (nSPS) is 17.6. The highest BCUT2D eigenvalue weighted by atomic mass is 32.1. The molecule has 2 heterocycles. The summed E-state index contributed by atoms with van der Waals surface area (Å²) in [5.74, 6) is 1.59. The van der Waals surface area contributed by atoms with E-state index in [1.165, 1.54) is 5.56 Å². The van der Waals surface area contributed by atoms with Crippen molar-refractivity contribution >= 4 is 16.5 Å². The summed E-state index contributed by atoms with van der Waals surface area (Å²) in [6.07, 6.45) is 1.94. The van der Waals surface area contributed by atoms with Crippen LogP contribution in [-0.2, 0) is 6.42 Å². The van der Waals surface area contributed by atoms with E-state index in [9.17, 15) is 0 Å². The smallest absolute Gasteiger partial charge is 0.206 e. The van der Waals surface area contributed by atoms with E-state index in [1.54, 1.807) is 11.3 Å². The molecule has 1 aliphatic rings. The van der Waals surface area contributed by atoms with Gasteiger partial charge in [-0.1, -0.05) is 43.4 Å². The van der Waals surface area contributed by atoms with Crippen LogP contribution in [-0.4, -0.2) is 16.8 Å². The van der Waals surface area contributed by atoms with Crippen LogP contribution in [0.5, 0.6) is 5.75 Å². The van der Waals surface area contributed by atoms with Crippen LogP contribution >= 0.6 is 11.3 Å². The molecule has 0 saturated heterocycles. The molecule has 1 N–H and O–H groups in total. The second-order valence-corrected chi connectivity index (χ2v) is 6.53. The molecule has 1 atom stereocenters. The Labute approximate surface area is 123 Å². The summed E-state index contributed by atoms with van der Waals surface area (Å²) >= 11 is 1.66. The lowest BCUT2D eigenvalue weighted by atomic mass is 10.0. The predicted molar refractivity (Wildman–Crippen MR) is 81.4 cm³/mol. The first-order chi connectivity index (χ1) is 9.72. The van der Waals surface area contributed by atoms with Gasteiger partial charge in [0.15, 0.2) is 0 Å². The van der Waals surface area contributed by atoms with E-state index in [-0.39, 0.29) is 6.04 Å². The number of aromatic nitrogens is 2. The first-order valence-corrected chi connectivity index (χ1v) is 7.84. The predicted octanol–water partition coefficient (Wildman–Crippen LogP) is 3.67. The number of anilines is 1. The number of hydrogen-bond acceptors (Lipinski definition) is 5. The van der Waals surface area contributed by atoms with Gasteiger partial charge in [0.05, 0.1) is 12.6 Å². The van der Waals surface area contributed by atoms with E-state index in [0.717, 1.165) is 35.3 Å². The molecule has 0 amide bonds. The van der Waals surface area contributed by atoms with Gasteiger partial charge in [-0.3, -0.25) is 0 Å². The van der Waals surface area contributed by atoms with Crippen molar-refractivity contribution < 1.29 is 4.74 Å². The van der Waals surface area contributed by atoms with Gasteiger partial charge < -0.3 is 10.1 Å². The van der Waals surface area contributed by atoms with E-state index >= 15 is 0 Å². The second kappa shape index (κ2) is 5.79. The molecular formula is C15H19N3OS. The summed E-state index contributed by atoms with van der Waals surface area (Å²) in [6, 6.07) is 8.45. The van der Waals surface area contributed by atoms with E-state index in [2.05, 4.69) is 35.4 Å². The molecule has 0 aliphatic carbocycles. The third-order valence-electron chi connectivity index (χ3n) is 3.31. The highest BCUT2D eigenvalue weighted by Gasteiger charge is 2.22. The van der Waals surface area contributed by atoms with Crippen molar-refractivity contribution in [3.8, 4) is 5.75 Å². The zero-order valence-electron chi connectivity index (χ0n) is 11.8. The van der Waals surface area contributed by atoms with E-state index in [0.29, 0.717) is 5.92 Å². The summed E-state index contributed by atoms with van der Waals surface area (Å²) in [4.78, 5) is 0. The highest BCUT2D eigenvalue weighted by molar-refractivity contribution is 7.15. The van der Waals surface area contributed by atoms with E-state index in [1.807, 2.05) is 18.2 Å². The zero-order valence-corrected chi connectivity index (χ0v) is 12.6. The van der Waals surface area contributed by atoms with Crippen molar-refractivity contribution in [1.82, 2.24) is 10.2 Å². The Morgan fingerprint density at radius 2 is 2.20 bits per heavy atom. The molecule has 1 aromatic carbocycles. The zero-order chi connectivity index (χ0) is 13.9. The number of para-hydroxylation sites is 1. The molecule has 20 heavy (non-hydrogen) atoms. The molecule has 2 aromatic rings. The van der Waals surface area contributed by atoms with Gasteiger partial charge in [-0.05, 0) is 12.0 Å². The van der Waals surface area contributed by atoms with Crippen molar-refractivity contribution in [3.63, 3.8) is 0 Å². The molecule has 0 spiro atoms. The lowest BCUT2D eigenvalue weighted by molar-refractivity contribution is 0.274. The second-order valence-electron chi connectivity index (χ2n) is 5.47. The largest absolute Gasteiger partial charge is 0.493 e. The topological polar surface area (TPSA) is 47.0 Å². The number of hydrogen-bond donors (Lipinski definition) is 1. The van der Waals surface area contributed by atoms with Crippen LogP contribution in [0.25, 0.3) is 0 Å². The average molecular weight is 289 g/mol. The Kier molecular flexibility index (Phi) is 3.87. The maximum absolute atomic E-state index is 5.68. The highest BCUT2D eigenvalue weighted by Crippen LogP contribution is 2.34. The van der Waals surface area contributed by atoms with Crippen LogP contribution < -0.4 is 10.1 Å². The van der Waals surface area contributed by atoms with Crippen molar-refractivity contribution in [1.29, 1.82) is 0 Å². The van der Waals surface area contributed by atoms with Crippen LogP contribution in [0.3, 0.4) is 0 Å². The SMILES string of the molecule is CC(C)Cc1nnc(NC2CCOc3ccccc32)s1. The molecule has 0 fully saturated rings. The van der Waals surface area contributed by atoms with Crippen molar-refractivity contribution in [3.05, 3.63) is 34.8 Å². The number of ether oxygens (including phenoxy) is 1. The minimum atomic E-state index is 0.264. The molecule has 0 saturated carbocycles. The molecule has 4 nitrogen and oxygen atoms in total. The molecule has 0 radical (unpaired) electrons. The van der Waals surface area contributed by atoms with Gasteiger partial charge in [0.1, 0.15) is 10.8 Å². The van der Waals surface area contributed by atoms with Crippen molar-refractivity contribution in [2.24, 2.45) is 5.92 Å². The number of nitrogens with zero attached hydrogens (tertiary/aromatic N) is 2. The van der Waals surface area contributed by atoms with E-state index < -0.39 is 0 Å². The summed E-state index contributed by atoms with van der Waals surface area (Å²) in [6.45, 7) is 5.14. The van der Waals surface area contributed by atoms with Gasteiger partial charge in [-0.15, -0.1) is 10.2 Å². The Balaban J connectivity index is 1.74. The first kappa shape index (κ1) is 13.4. The number of fused-ring (bicyclic) bond motifs is 1. The summed E-state index contributed by atoms with van der Waals surface area (Å²) in [5.41, 5.74) is 1.21.